The molecule has 0 saturated heterocycles. The first-order valence-corrected chi connectivity index (χ1v) is 11.4. The van der Waals surface area contributed by atoms with Crippen LogP contribution in [0.3, 0.4) is 0 Å². The van der Waals surface area contributed by atoms with Crippen molar-refractivity contribution in [2.75, 3.05) is 25.5 Å². The fraction of sp³-hybridized carbons (Fsp3) is 0.300. The summed E-state index contributed by atoms with van der Waals surface area (Å²) in [5.74, 6) is -0.767. The number of hydrogen-bond acceptors (Lipinski definition) is 5. The lowest BCUT2D eigenvalue weighted by atomic mass is 10.2. The average molecular weight is 498 g/mol. The summed E-state index contributed by atoms with van der Waals surface area (Å²) >= 11 is 3.36. The van der Waals surface area contributed by atoms with Gasteiger partial charge < -0.3 is 15.3 Å². The van der Waals surface area contributed by atoms with Gasteiger partial charge in [-0.3, -0.25) is 9.59 Å². The first-order valence-electron chi connectivity index (χ1n) is 9.09. The number of rotatable bonds is 8. The van der Waals surface area contributed by atoms with Gasteiger partial charge in [-0.1, -0.05) is 15.9 Å². The largest absolute Gasteiger partial charge is 0.392 e. The normalized spacial score (nSPS) is 12.3. The predicted molar refractivity (Wildman–Crippen MR) is 118 cm³/mol. The molecule has 0 spiro atoms. The van der Waals surface area contributed by atoms with E-state index in [9.17, 15) is 23.1 Å². The average Bonchev–Trinajstić information content (AvgIpc) is 2.68. The molecule has 30 heavy (non-hydrogen) atoms. The molecule has 0 saturated carbocycles. The number of benzene rings is 2. The maximum Gasteiger partial charge on any atom is 0.254 e. The minimum absolute atomic E-state index is 0.0224. The molecule has 0 fully saturated rings. The quantitative estimate of drug-likeness (QED) is 0.516. The van der Waals surface area contributed by atoms with Crippen LogP contribution in [0.1, 0.15) is 22.8 Å². The zero-order valence-electron chi connectivity index (χ0n) is 16.8. The Bertz CT molecular complexity index is 1020. The van der Waals surface area contributed by atoms with Gasteiger partial charge in [-0.05, 0) is 61.9 Å². The second-order valence-electron chi connectivity index (χ2n) is 6.89. The second-order valence-corrected chi connectivity index (χ2v) is 9.58. The van der Waals surface area contributed by atoms with Gasteiger partial charge in [0.25, 0.3) is 5.91 Å². The monoisotopic (exact) mass is 497 g/mol. The standard InChI is InChI=1S/C20H24BrN3O5S/c1-13-10-16(21)6-9-18(13)23-19(26)12-24(3)20(27)15-4-7-17(8-5-15)30(28,29)22-11-14(2)25/h4-10,14,22,25H,11-12H2,1-3H3,(H,23,26). The van der Waals surface area contributed by atoms with Crippen LogP contribution < -0.4 is 10.0 Å². The van der Waals surface area contributed by atoms with Gasteiger partial charge in [-0.2, -0.15) is 0 Å². The lowest BCUT2D eigenvalue weighted by Crippen LogP contribution is -2.35. The molecular formula is C20H24BrN3O5S. The lowest BCUT2D eigenvalue weighted by Gasteiger charge is -2.18. The highest BCUT2D eigenvalue weighted by Crippen LogP contribution is 2.20. The maximum absolute atomic E-state index is 12.6. The highest BCUT2D eigenvalue weighted by molar-refractivity contribution is 9.10. The molecule has 2 aromatic rings. The van der Waals surface area contributed by atoms with Crippen molar-refractivity contribution in [3.63, 3.8) is 0 Å². The highest BCUT2D eigenvalue weighted by atomic mass is 79.9. The summed E-state index contributed by atoms with van der Waals surface area (Å²) in [5.41, 5.74) is 1.79. The van der Waals surface area contributed by atoms with E-state index >= 15 is 0 Å². The smallest absolute Gasteiger partial charge is 0.254 e. The minimum atomic E-state index is -3.78. The number of aliphatic hydroxyl groups is 1. The molecule has 0 aliphatic carbocycles. The molecule has 0 aliphatic rings. The van der Waals surface area contributed by atoms with Crippen LogP contribution in [0.5, 0.6) is 0 Å². The van der Waals surface area contributed by atoms with Gasteiger partial charge in [0.2, 0.25) is 15.9 Å². The summed E-state index contributed by atoms with van der Waals surface area (Å²) < 4.78 is 27.5. The van der Waals surface area contributed by atoms with Gasteiger partial charge in [0.1, 0.15) is 0 Å². The van der Waals surface area contributed by atoms with Crippen LogP contribution >= 0.6 is 15.9 Å². The van der Waals surface area contributed by atoms with Crippen molar-refractivity contribution >= 4 is 43.5 Å². The first-order chi connectivity index (χ1) is 14.0. The van der Waals surface area contributed by atoms with Gasteiger partial charge in [0, 0.05) is 29.3 Å². The number of anilines is 1. The van der Waals surface area contributed by atoms with E-state index in [0.29, 0.717) is 5.69 Å². The Kier molecular flexibility index (Phi) is 8.13. The summed E-state index contributed by atoms with van der Waals surface area (Å²) in [5, 5.41) is 12.0. The van der Waals surface area contributed by atoms with Crippen LogP contribution in [-0.4, -0.2) is 56.5 Å². The molecule has 0 aliphatic heterocycles. The molecule has 0 bridgehead atoms. The summed E-state index contributed by atoms with van der Waals surface area (Å²) in [4.78, 5) is 26.1. The van der Waals surface area contributed by atoms with Crippen LogP contribution in [0.15, 0.2) is 51.8 Å². The number of halogens is 1. The number of nitrogens with one attached hydrogen (secondary N) is 2. The Hall–Kier alpha value is -2.27. The van der Waals surface area contributed by atoms with E-state index in [1.165, 1.54) is 43.1 Å². The molecule has 1 atom stereocenters. The van der Waals surface area contributed by atoms with Crippen molar-refractivity contribution in [1.82, 2.24) is 9.62 Å². The Morgan fingerprint density at radius 2 is 1.80 bits per heavy atom. The third-order valence-electron chi connectivity index (χ3n) is 4.17. The minimum Gasteiger partial charge on any atom is -0.392 e. The van der Waals surface area contributed by atoms with Crippen LogP contribution in [0.4, 0.5) is 5.69 Å². The van der Waals surface area contributed by atoms with Crippen molar-refractivity contribution in [2.24, 2.45) is 0 Å². The van der Waals surface area contributed by atoms with Crippen molar-refractivity contribution in [3.05, 3.63) is 58.1 Å². The molecule has 0 aromatic heterocycles. The number of carbonyl (C=O) groups excluding carboxylic acids is 2. The number of likely N-dealkylation sites (N-methyl/N-ethyl adjacent to an activating group) is 1. The number of amides is 2. The first kappa shape index (κ1) is 24.0. The number of aliphatic hydroxyl groups excluding tert-OH is 1. The Morgan fingerprint density at radius 3 is 2.37 bits per heavy atom. The van der Waals surface area contributed by atoms with E-state index in [2.05, 4.69) is 26.0 Å². The summed E-state index contributed by atoms with van der Waals surface area (Å²) in [6, 6.07) is 10.8. The van der Waals surface area contributed by atoms with Crippen LogP contribution in [0, 0.1) is 6.92 Å². The second kappa shape index (κ2) is 10.2. The molecule has 2 aromatic carbocycles. The van der Waals surface area contributed by atoms with Gasteiger partial charge >= 0.3 is 0 Å². The predicted octanol–water partition coefficient (Wildman–Crippen LogP) is 2.13. The highest BCUT2D eigenvalue weighted by Gasteiger charge is 2.18. The molecule has 1 unspecified atom stereocenters. The van der Waals surface area contributed by atoms with Crippen LogP contribution in [0.25, 0.3) is 0 Å². The summed E-state index contributed by atoms with van der Waals surface area (Å²) in [6.07, 6.45) is -0.818. The van der Waals surface area contributed by atoms with E-state index in [4.69, 9.17) is 0 Å². The molecule has 162 valence electrons. The van der Waals surface area contributed by atoms with E-state index in [1.807, 2.05) is 19.1 Å². The molecule has 3 N–H and O–H groups in total. The summed E-state index contributed by atoms with van der Waals surface area (Å²) in [6.45, 7) is 3.05. The molecule has 8 nitrogen and oxygen atoms in total. The molecule has 0 heterocycles. The van der Waals surface area contributed by atoms with E-state index < -0.39 is 22.0 Å². The van der Waals surface area contributed by atoms with Crippen molar-refractivity contribution in [2.45, 2.75) is 24.8 Å². The molecule has 0 radical (unpaired) electrons. The molecule has 2 rings (SSSR count). The zero-order chi connectivity index (χ0) is 22.5. The van der Waals surface area contributed by atoms with Gasteiger partial charge in [-0.25, -0.2) is 13.1 Å². The van der Waals surface area contributed by atoms with Gasteiger partial charge in [-0.15, -0.1) is 0 Å². The van der Waals surface area contributed by atoms with Crippen molar-refractivity contribution < 1.29 is 23.1 Å². The molecular weight excluding hydrogens is 474 g/mol. The Morgan fingerprint density at radius 1 is 1.17 bits per heavy atom. The number of hydrogen-bond donors (Lipinski definition) is 3. The van der Waals surface area contributed by atoms with E-state index in [1.54, 1.807) is 6.07 Å². The topological polar surface area (TPSA) is 116 Å². The van der Waals surface area contributed by atoms with Crippen LogP contribution in [0.2, 0.25) is 0 Å². The Balaban J connectivity index is 2.01. The van der Waals surface area contributed by atoms with Gasteiger partial charge in [0.15, 0.2) is 0 Å². The van der Waals surface area contributed by atoms with E-state index in [-0.39, 0.29) is 29.5 Å². The number of sulfonamides is 1. The van der Waals surface area contributed by atoms with Crippen molar-refractivity contribution in [1.29, 1.82) is 0 Å². The van der Waals surface area contributed by atoms with Crippen LogP contribution in [-0.2, 0) is 14.8 Å². The SMILES string of the molecule is Cc1cc(Br)ccc1NC(=O)CN(C)C(=O)c1ccc(S(=O)(=O)NCC(C)O)cc1. The van der Waals surface area contributed by atoms with Crippen molar-refractivity contribution in [3.8, 4) is 0 Å². The van der Waals surface area contributed by atoms with E-state index in [0.717, 1.165) is 10.0 Å². The third-order valence-corrected chi connectivity index (χ3v) is 6.10. The summed E-state index contributed by atoms with van der Waals surface area (Å²) in [7, 11) is -2.29. The lowest BCUT2D eigenvalue weighted by molar-refractivity contribution is -0.116. The number of aryl methyl sites for hydroxylation is 1. The third kappa shape index (κ3) is 6.63. The fourth-order valence-corrected chi connectivity index (χ4v) is 4.15. The number of carbonyl (C=O) groups is 2. The maximum atomic E-state index is 12.6. The zero-order valence-corrected chi connectivity index (χ0v) is 19.2. The van der Waals surface area contributed by atoms with Gasteiger partial charge in [0.05, 0.1) is 17.5 Å². The molecule has 2 amide bonds. The fourth-order valence-electron chi connectivity index (χ4n) is 2.55. The Labute approximate surface area is 184 Å². The molecule has 10 heteroatoms. The number of nitrogens with zero attached hydrogens (tertiary/aromatic N) is 1.